The van der Waals surface area contributed by atoms with Gasteiger partial charge < -0.3 is 20.1 Å². The molecular formula is C15H20O5. The van der Waals surface area contributed by atoms with E-state index in [9.17, 15) is 20.1 Å². The van der Waals surface area contributed by atoms with Crippen LogP contribution in [0.3, 0.4) is 0 Å². The molecule has 110 valence electrons. The normalized spacial score (nSPS) is 47.6. The van der Waals surface area contributed by atoms with Crippen molar-refractivity contribution >= 4 is 5.97 Å². The van der Waals surface area contributed by atoms with Gasteiger partial charge in [-0.25, -0.2) is 4.79 Å². The van der Waals surface area contributed by atoms with Crippen molar-refractivity contribution in [3.63, 3.8) is 0 Å². The zero-order valence-corrected chi connectivity index (χ0v) is 11.9. The van der Waals surface area contributed by atoms with E-state index in [2.05, 4.69) is 0 Å². The molecule has 3 aliphatic rings. The molecule has 0 aromatic rings. The second kappa shape index (κ2) is 3.72. The summed E-state index contributed by atoms with van der Waals surface area (Å²) in [7, 11) is 0. The zero-order valence-electron chi connectivity index (χ0n) is 11.9. The van der Waals surface area contributed by atoms with Crippen molar-refractivity contribution < 1.29 is 24.9 Å². The van der Waals surface area contributed by atoms with E-state index >= 15 is 0 Å². The predicted octanol–water partition coefficient (Wildman–Crippen LogP) is 0.790. The molecule has 20 heavy (non-hydrogen) atoms. The summed E-state index contributed by atoms with van der Waals surface area (Å²) in [6, 6.07) is 0. The third-order valence-corrected chi connectivity index (χ3v) is 5.30. The largest absolute Gasteiger partial charge is 0.423 e. The van der Waals surface area contributed by atoms with E-state index in [-0.39, 0.29) is 0 Å². The van der Waals surface area contributed by atoms with Gasteiger partial charge in [0.25, 0.3) is 0 Å². The quantitative estimate of drug-likeness (QED) is 0.571. The van der Waals surface area contributed by atoms with E-state index in [1.54, 1.807) is 13.8 Å². The zero-order chi connectivity index (χ0) is 14.9. The van der Waals surface area contributed by atoms with Crippen molar-refractivity contribution in [1.82, 2.24) is 0 Å². The van der Waals surface area contributed by atoms with Crippen molar-refractivity contribution in [2.24, 2.45) is 5.92 Å². The average molecular weight is 280 g/mol. The van der Waals surface area contributed by atoms with Gasteiger partial charge in [0, 0.05) is 17.1 Å². The van der Waals surface area contributed by atoms with Gasteiger partial charge in [0.15, 0.2) is 0 Å². The van der Waals surface area contributed by atoms with E-state index in [1.165, 1.54) is 13.0 Å². The highest BCUT2D eigenvalue weighted by molar-refractivity contribution is 5.94. The fourth-order valence-electron chi connectivity index (χ4n) is 3.80. The third kappa shape index (κ3) is 1.57. The summed E-state index contributed by atoms with van der Waals surface area (Å²) in [6.45, 7) is 4.84. The van der Waals surface area contributed by atoms with Crippen LogP contribution in [0, 0.1) is 5.92 Å². The van der Waals surface area contributed by atoms with Crippen molar-refractivity contribution in [2.75, 3.05) is 0 Å². The van der Waals surface area contributed by atoms with Crippen LogP contribution in [0.2, 0.25) is 0 Å². The monoisotopic (exact) mass is 280 g/mol. The molecule has 3 N–H and O–H groups in total. The van der Waals surface area contributed by atoms with Gasteiger partial charge in [0.05, 0.1) is 5.60 Å². The van der Waals surface area contributed by atoms with Gasteiger partial charge in [-0.3, -0.25) is 0 Å². The first kappa shape index (κ1) is 13.8. The van der Waals surface area contributed by atoms with Crippen LogP contribution in [0.5, 0.6) is 0 Å². The number of esters is 1. The highest BCUT2D eigenvalue weighted by atomic mass is 16.5. The molecule has 4 unspecified atom stereocenters. The highest BCUT2D eigenvalue weighted by Crippen LogP contribution is 2.55. The smallest absolute Gasteiger partial charge is 0.339 e. The van der Waals surface area contributed by atoms with E-state index < -0.39 is 28.7 Å². The molecule has 1 aliphatic heterocycles. The van der Waals surface area contributed by atoms with E-state index in [0.29, 0.717) is 36.2 Å². The summed E-state index contributed by atoms with van der Waals surface area (Å²) < 4.78 is 5.17. The Bertz CT molecular complexity index is 555. The van der Waals surface area contributed by atoms with Crippen LogP contribution in [0.15, 0.2) is 23.0 Å². The van der Waals surface area contributed by atoms with Gasteiger partial charge in [-0.15, -0.1) is 0 Å². The Morgan fingerprint density at radius 1 is 1.25 bits per heavy atom. The molecule has 3 rings (SSSR count). The maximum absolute atomic E-state index is 11.7. The molecule has 0 bridgehead atoms. The van der Waals surface area contributed by atoms with Gasteiger partial charge >= 0.3 is 5.97 Å². The van der Waals surface area contributed by atoms with Crippen molar-refractivity contribution in [1.29, 1.82) is 0 Å². The van der Waals surface area contributed by atoms with Crippen LogP contribution in [0.25, 0.3) is 0 Å². The van der Waals surface area contributed by atoms with Gasteiger partial charge in [0.2, 0.25) is 0 Å². The molecule has 5 heteroatoms. The van der Waals surface area contributed by atoms with Gasteiger partial charge in [-0.05, 0) is 46.1 Å². The Morgan fingerprint density at radius 2 is 1.90 bits per heavy atom. The van der Waals surface area contributed by atoms with Crippen molar-refractivity contribution in [2.45, 2.75) is 56.8 Å². The first-order valence-corrected chi connectivity index (χ1v) is 6.91. The van der Waals surface area contributed by atoms with E-state index in [1.807, 2.05) is 0 Å². The van der Waals surface area contributed by atoms with E-state index in [0.717, 1.165) is 0 Å². The second-order valence-corrected chi connectivity index (χ2v) is 6.69. The SMILES string of the molecule is CC1=C2CC3C(C)(O)CCC3(O)C(C)(O)C=C2OC1=O. The Kier molecular flexibility index (Phi) is 2.57. The number of fused-ring (bicyclic) bond motifs is 2. The van der Waals surface area contributed by atoms with Crippen LogP contribution in [-0.2, 0) is 9.53 Å². The molecule has 0 aromatic heterocycles. The first-order valence-electron chi connectivity index (χ1n) is 6.91. The summed E-state index contributed by atoms with van der Waals surface area (Å²) in [4.78, 5) is 11.7. The number of hydrogen-bond donors (Lipinski definition) is 3. The summed E-state index contributed by atoms with van der Waals surface area (Å²) >= 11 is 0. The molecule has 4 atom stereocenters. The lowest BCUT2D eigenvalue weighted by atomic mass is 9.72. The second-order valence-electron chi connectivity index (χ2n) is 6.69. The van der Waals surface area contributed by atoms with Crippen LogP contribution in [0.1, 0.15) is 40.0 Å². The standard InChI is InChI=1S/C15H20O5/c1-8-9-6-11-13(2,17)4-5-15(11,19)14(3,18)7-10(9)20-12(8)16/h7,11,17-19H,4-6H2,1-3H3. The Morgan fingerprint density at radius 3 is 2.55 bits per heavy atom. The number of rotatable bonds is 0. The molecule has 2 aliphatic carbocycles. The van der Waals surface area contributed by atoms with Crippen LogP contribution >= 0.6 is 0 Å². The minimum Gasteiger partial charge on any atom is -0.423 e. The van der Waals surface area contributed by atoms with Crippen LogP contribution < -0.4 is 0 Å². The molecule has 0 aromatic carbocycles. The highest BCUT2D eigenvalue weighted by Gasteiger charge is 2.62. The molecule has 5 nitrogen and oxygen atoms in total. The summed E-state index contributed by atoms with van der Waals surface area (Å²) in [5, 5.41) is 32.2. The van der Waals surface area contributed by atoms with Crippen molar-refractivity contribution in [3.05, 3.63) is 23.0 Å². The fraction of sp³-hybridized carbons (Fsp3) is 0.667. The molecule has 0 amide bonds. The molecule has 1 saturated carbocycles. The lowest BCUT2D eigenvalue weighted by molar-refractivity contribution is -0.157. The van der Waals surface area contributed by atoms with Crippen LogP contribution in [-0.4, -0.2) is 38.1 Å². The molecular weight excluding hydrogens is 260 g/mol. The van der Waals surface area contributed by atoms with E-state index in [4.69, 9.17) is 4.74 Å². The fourth-order valence-corrected chi connectivity index (χ4v) is 3.80. The number of carbonyl (C=O) groups excluding carboxylic acids is 1. The molecule has 0 spiro atoms. The number of carbonyl (C=O) groups is 1. The Labute approximate surface area is 117 Å². The lowest BCUT2D eigenvalue weighted by Gasteiger charge is -2.42. The lowest BCUT2D eigenvalue weighted by Crippen LogP contribution is -2.56. The Balaban J connectivity index is 2.18. The molecule has 0 radical (unpaired) electrons. The molecule has 1 heterocycles. The topological polar surface area (TPSA) is 87.0 Å². The van der Waals surface area contributed by atoms with Gasteiger partial charge in [-0.2, -0.15) is 0 Å². The maximum Gasteiger partial charge on any atom is 0.339 e. The van der Waals surface area contributed by atoms with Crippen LogP contribution in [0.4, 0.5) is 0 Å². The summed E-state index contributed by atoms with van der Waals surface area (Å²) in [6.07, 6.45) is 2.46. The van der Waals surface area contributed by atoms with Crippen molar-refractivity contribution in [3.8, 4) is 0 Å². The Hall–Kier alpha value is -1.17. The number of ether oxygens (including phenoxy) is 1. The minimum absolute atomic E-state index is 0.307. The van der Waals surface area contributed by atoms with Gasteiger partial charge in [-0.1, -0.05) is 0 Å². The maximum atomic E-state index is 11.7. The summed E-state index contributed by atoms with van der Waals surface area (Å²) in [5.74, 6) is -0.653. The third-order valence-electron chi connectivity index (χ3n) is 5.30. The number of aliphatic hydroxyl groups is 3. The number of hydrogen-bond acceptors (Lipinski definition) is 5. The molecule has 1 fully saturated rings. The average Bonchev–Trinajstić information content (AvgIpc) is 2.67. The summed E-state index contributed by atoms with van der Waals surface area (Å²) in [5.41, 5.74) is -2.90. The van der Waals surface area contributed by atoms with Gasteiger partial charge in [0.1, 0.15) is 17.0 Å². The first-order chi connectivity index (χ1) is 9.08. The predicted molar refractivity (Wildman–Crippen MR) is 70.4 cm³/mol. The number of allylic oxidation sites excluding steroid dienone is 1. The molecule has 0 saturated heterocycles. The minimum atomic E-state index is -1.56.